The fourth-order valence-corrected chi connectivity index (χ4v) is 4.29. The van der Waals surface area contributed by atoms with Crippen molar-refractivity contribution in [2.45, 2.75) is 23.5 Å². The Hall–Kier alpha value is -2.53. The smallest absolute Gasteiger partial charge is 0.269 e. The number of nitrogens with zero attached hydrogens (tertiary/aromatic N) is 2. The van der Waals surface area contributed by atoms with Crippen molar-refractivity contribution in [1.29, 1.82) is 0 Å². The average Bonchev–Trinajstić information content (AvgIpc) is 3.13. The minimum absolute atomic E-state index is 0.151. The van der Waals surface area contributed by atoms with Crippen molar-refractivity contribution in [1.82, 2.24) is 4.47 Å². The van der Waals surface area contributed by atoms with Gasteiger partial charge in [-0.05, 0) is 29.8 Å². The molecule has 2 aromatic carbocycles. The van der Waals surface area contributed by atoms with E-state index in [0.717, 1.165) is 34.3 Å². The number of benzene rings is 2. The molecule has 1 heterocycles. The zero-order valence-corrected chi connectivity index (χ0v) is 15.2. The molecule has 0 saturated carbocycles. The first kappa shape index (κ1) is 19.2. The fraction of sp³-hybridized carbons (Fsp3) is 0.294. The molecule has 0 aromatic heterocycles. The maximum Gasteiger partial charge on any atom is 0.269 e. The number of aliphatic hydroxyl groups excluding tert-OH is 1. The van der Waals surface area contributed by atoms with Gasteiger partial charge in [-0.3, -0.25) is 15.0 Å². The molecule has 0 radical (unpaired) electrons. The summed E-state index contributed by atoms with van der Waals surface area (Å²) in [5, 5.41) is 20.4. The summed E-state index contributed by atoms with van der Waals surface area (Å²) < 4.78 is 31.6. The number of hydroxylamine groups is 1. The molecule has 3 rings (SSSR count). The number of methoxy groups -OCH3 is 1. The van der Waals surface area contributed by atoms with E-state index >= 15 is 0 Å². The Morgan fingerprint density at radius 1 is 1.22 bits per heavy atom. The number of ether oxygens (including phenoxy) is 1. The van der Waals surface area contributed by atoms with Crippen LogP contribution in [0.15, 0.2) is 53.4 Å². The molecule has 2 aromatic rings. The maximum atomic E-state index is 12.9. The number of rotatable bonds is 6. The molecule has 144 valence electrons. The lowest BCUT2D eigenvalue weighted by molar-refractivity contribution is -0.384. The molecular formula is C17H18N2O7S. The van der Waals surface area contributed by atoms with Gasteiger partial charge in [0.1, 0.15) is 11.9 Å². The van der Waals surface area contributed by atoms with Crippen molar-refractivity contribution in [3.63, 3.8) is 0 Å². The first-order chi connectivity index (χ1) is 12.9. The third-order valence-electron chi connectivity index (χ3n) is 4.30. The highest BCUT2D eigenvalue weighted by atomic mass is 32.2. The highest BCUT2D eigenvalue weighted by Gasteiger charge is 2.42. The van der Waals surface area contributed by atoms with Gasteiger partial charge in [0.05, 0.1) is 29.6 Å². The number of non-ortho nitro benzene ring substituents is 1. The van der Waals surface area contributed by atoms with E-state index in [0.29, 0.717) is 5.75 Å². The van der Waals surface area contributed by atoms with Gasteiger partial charge < -0.3 is 9.84 Å². The summed E-state index contributed by atoms with van der Waals surface area (Å²) >= 11 is 0. The van der Waals surface area contributed by atoms with Crippen molar-refractivity contribution in [3.05, 3.63) is 64.2 Å². The first-order valence-corrected chi connectivity index (χ1v) is 9.51. The van der Waals surface area contributed by atoms with Crippen LogP contribution in [0.1, 0.15) is 18.1 Å². The van der Waals surface area contributed by atoms with Gasteiger partial charge in [-0.25, -0.2) is 8.42 Å². The van der Waals surface area contributed by atoms with Crippen molar-refractivity contribution in [3.8, 4) is 5.75 Å². The Bertz CT molecular complexity index is 913. The molecule has 10 heteroatoms. The molecule has 1 aliphatic rings. The van der Waals surface area contributed by atoms with Crippen molar-refractivity contribution < 1.29 is 28.0 Å². The Balaban J connectivity index is 1.86. The lowest BCUT2D eigenvalue weighted by atomic mass is 10.0. The third-order valence-corrected chi connectivity index (χ3v) is 6.02. The topological polar surface area (TPSA) is 119 Å². The minimum Gasteiger partial charge on any atom is -0.497 e. The van der Waals surface area contributed by atoms with Gasteiger partial charge in [-0.1, -0.05) is 16.6 Å². The molecule has 0 aliphatic carbocycles. The summed E-state index contributed by atoms with van der Waals surface area (Å²) in [5.41, 5.74) is 0.529. The van der Waals surface area contributed by atoms with E-state index in [1.807, 2.05) is 0 Å². The molecule has 1 N–H and O–H groups in total. The van der Waals surface area contributed by atoms with Crippen LogP contribution in [0.3, 0.4) is 0 Å². The summed E-state index contributed by atoms with van der Waals surface area (Å²) in [6.45, 7) is -0.418. The summed E-state index contributed by atoms with van der Waals surface area (Å²) in [6.07, 6.45) is -0.282. The van der Waals surface area contributed by atoms with Crippen LogP contribution in [-0.2, 0) is 14.9 Å². The van der Waals surface area contributed by atoms with E-state index in [2.05, 4.69) is 0 Å². The van der Waals surface area contributed by atoms with E-state index in [1.54, 1.807) is 31.4 Å². The van der Waals surface area contributed by atoms with Gasteiger partial charge in [-0.2, -0.15) is 0 Å². The van der Waals surface area contributed by atoms with Crippen molar-refractivity contribution in [2.24, 2.45) is 0 Å². The van der Waals surface area contributed by atoms with Crippen LogP contribution < -0.4 is 4.74 Å². The van der Waals surface area contributed by atoms with Gasteiger partial charge in [0, 0.05) is 18.6 Å². The molecular weight excluding hydrogens is 376 g/mol. The van der Waals surface area contributed by atoms with E-state index in [9.17, 15) is 23.6 Å². The molecule has 1 fully saturated rings. The number of hydrogen-bond acceptors (Lipinski definition) is 7. The number of nitro groups is 1. The second-order valence-electron chi connectivity index (χ2n) is 5.95. The molecule has 0 unspecified atom stereocenters. The molecule has 0 spiro atoms. The molecule has 1 saturated heterocycles. The van der Waals surface area contributed by atoms with Gasteiger partial charge >= 0.3 is 0 Å². The predicted octanol–water partition coefficient (Wildman–Crippen LogP) is 2.03. The van der Waals surface area contributed by atoms with E-state index < -0.39 is 33.7 Å². The quantitative estimate of drug-likeness (QED) is 0.588. The Morgan fingerprint density at radius 3 is 2.37 bits per heavy atom. The normalized spacial score (nSPS) is 20.5. The summed E-state index contributed by atoms with van der Waals surface area (Å²) in [4.78, 5) is 15.6. The Kier molecular flexibility index (Phi) is 5.42. The third kappa shape index (κ3) is 3.78. The van der Waals surface area contributed by atoms with E-state index in [1.165, 1.54) is 0 Å². The number of nitro benzene ring substituents is 1. The van der Waals surface area contributed by atoms with Crippen LogP contribution in [0.2, 0.25) is 0 Å². The number of hydrogen-bond donors (Lipinski definition) is 1. The zero-order chi connectivity index (χ0) is 19.6. The summed E-state index contributed by atoms with van der Waals surface area (Å²) in [7, 11) is -2.55. The number of aliphatic hydroxyl groups is 1. The number of sulfonamides is 1. The van der Waals surface area contributed by atoms with Crippen LogP contribution >= 0.6 is 0 Å². The summed E-state index contributed by atoms with van der Waals surface area (Å²) in [5.74, 6) is 0.658. The lowest BCUT2D eigenvalue weighted by Gasteiger charge is -2.20. The zero-order valence-electron chi connectivity index (χ0n) is 14.4. The maximum absolute atomic E-state index is 12.9. The van der Waals surface area contributed by atoms with Crippen LogP contribution in [0.5, 0.6) is 5.75 Å². The highest BCUT2D eigenvalue weighted by Crippen LogP contribution is 2.37. The predicted molar refractivity (Wildman–Crippen MR) is 94.4 cm³/mol. The van der Waals surface area contributed by atoms with E-state index in [-0.39, 0.29) is 17.0 Å². The first-order valence-electron chi connectivity index (χ1n) is 8.07. The second-order valence-corrected chi connectivity index (χ2v) is 7.73. The van der Waals surface area contributed by atoms with E-state index in [4.69, 9.17) is 9.57 Å². The van der Waals surface area contributed by atoms with Crippen LogP contribution in [0.4, 0.5) is 5.69 Å². The Morgan fingerprint density at radius 2 is 1.85 bits per heavy atom. The van der Waals surface area contributed by atoms with Crippen LogP contribution in [0, 0.1) is 10.1 Å². The molecule has 9 nitrogen and oxygen atoms in total. The fourth-order valence-electron chi connectivity index (χ4n) is 2.84. The standard InChI is InChI=1S/C17H18N2O7S/c1-25-15-6-2-12(3-7-15)17-10-14(11-20)19(26-17)27(23,24)16-8-4-13(5-9-16)18(21)22/h2-9,14,17,20H,10-11H2,1H3/t14-,17+/m1/s1. The van der Waals surface area contributed by atoms with Gasteiger partial charge in [0.2, 0.25) is 0 Å². The molecule has 0 bridgehead atoms. The monoisotopic (exact) mass is 394 g/mol. The van der Waals surface area contributed by atoms with Gasteiger partial charge in [0.25, 0.3) is 15.7 Å². The lowest BCUT2D eigenvalue weighted by Crippen LogP contribution is -2.36. The molecule has 0 amide bonds. The molecule has 27 heavy (non-hydrogen) atoms. The van der Waals surface area contributed by atoms with Gasteiger partial charge in [0.15, 0.2) is 0 Å². The average molecular weight is 394 g/mol. The van der Waals surface area contributed by atoms with Crippen LogP contribution in [-0.4, -0.2) is 42.7 Å². The largest absolute Gasteiger partial charge is 0.497 e. The van der Waals surface area contributed by atoms with Crippen molar-refractivity contribution in [2.75, 3.05) is 13.7 Å². The summed E-state index contributed by atoms with van der Waals surface area (Å²) in [6, 6.07) is 10.7. The molecule has 1 aliphatic heterocycles. The molecule has 2 atom stereocenters. The highest BCUT2D eigenvalue weighted by molar-refractivity contribution is 7.89. The van der Waals surface area contributed by atoms with Crippen LogP contribution in [0.25, 0.3) is 0 Å². The minimum atomic E-state index is -4.09. The van der Waals surface area contributed by atoms with Crippen molar-refractivity contribution >= 4 is 15.7 Å². The Labute approximate surface area is 155 Å². The SMILES string of the molecule is COc1ccc([C@@H]2C[C@H](CO)N(S(=O)(=O)c3ccc([N+](=O)[O-])cc3)O2)cc1. The van der Waals surface area contributed by atoms with Gasteiger partial charge in [-0.15, -0.1) is 0 Å². The second kappa shape index (κ2) is 7.61.